The number of carboxylic acids is 2. The molecule has 204 valence electrons. The fraction of sp³-hybridized carbons (Fsp3) is 0.727. The number of nitrogens with one attached hydrogen (secondary N) is 2. The van der Waals surface area contributed by atoms with Crippen molar-refractivity contribution >= 4 is 35.6 Å². The lowest BCUT2D eigenvalue weighted by atomic mass is 10.0. The van der Waals surface area contributed by atoms with Crippen molar-refractivity contribution in [2.45, 2.75) is 83.0 Å². The molecular formula is C22H39N7O7. The van der Waals surface area contributed by atoms with Crippen molar-refractivity contribution in [2.24, 2.45) is 28.1 Å². The van der Waals surface area contributed by atoms with E-state index in [9.17, 15) is 29.1 Å². The predicted molar refractivity (Wildman–Crippen MR) is 130 cm³/mol. The number of aliphatic carboxylic acids is 2. The molecule has 14 heteroatoms. The lowest BCUT2D eigenvalue weighted by Crippen LogP contribution is -2.57. The number of aliphatic imine (C=N–C) groups is 1. The highest BCUT2D eigenvalue weighted by Crippen LogP contribution is 2.20. The van der Waals surface area contributed by atoms with E-state index in [1.165, 1.54) is 4.90 Å². The van der Waals surface area contributed by atoms with E-state index >= 15 is 0 Å². The van der Waals surface area contributed by atoms with Crippen molar-refractivity contribution in [1.29, 1.82) is 0 Å². The highest BCUT2D eigenvalue weighted by atomic mass is 16.4. The Labute approximate surface area is 210 Å². The Balaban J connectivity index is 2.94. The Morgan fingerprint density at radius 3 is 2.22 bits per heavy atom. The first kappa shape index (κ1) is 30.6. The molecule has 0 bridgehead atoms. The van der Waals surface area contributed by atoms with Gasteiger partial charge < -0.3 is 42.9 Å². The molecule has 4 unspecified atom stereocenters. The van der Waals surface area contributed by atoms with Crippen molar-refractivity contribution in [3.8, 4) is 0 Å². The summed E-state index contributed by atoms with van der Waals surface area (Å²) >= 11 is 0. The molecule has 0 aromatic heterocycles. The number of nitrogens with zero attached hydrogens (tertiary/aromatic N) is 2. The topological polar surface area (TPSA) is 244 Å². The normalized spacial score (nSPS) is 17.7. The van der Waals surface area contributed by atoms with Gasteiger partial charge in [0.1, 0.15) is 18.1 Å². The molecule has 1 rings (SSSR count). The largest absolute Gasteiger partial charge is 0.481 e. The minimum Gasteiger partial charge on any atom is -0.481 e. The highest BCUT2D eigenvalue weighted by molar-refractivity contribution is 5.94. The van der Waals surface area contributed by atoms with Crippen LogP contribution in [0.1, 0.15) is 58.8 Å². The zero-order chi connectivity index (χ0) is 27.4. The van der Waals surface area contributed by atoms with E-state index < -0.39 is 60.2 Å². The van der Waals surface area contributed by atoms with Crippen molar-refractivity contribution < 1.29 is 34.2 Å². The molecule has 1 aliphatic rings. The fourth-order valence-electron chi connectivity index (χ4n) is 3.92. The van der Waals surface area contributed by atoms with Gasteiger partial charge in [-0.3, -0.25) is 24.2 Å². The molecule has 3 amide bonds. The maximum absolute atomic E-state index is 13.2. The van der Waals surface area contributed by atoms with Crippen molar-refractivity contribution in [3.05, 3.63) is 0 Å². The molecule has 0 aliphatic carbocycles. The smallest absolute Gasteiger partial charge is 0.326 e. The number of hydrogen-bond donors (Lipinski definition) is 7. The Morgan fingerprint density at radius 2 is 1.67 bits per heavy atom. The van der Waals surface area contributed by atoms with E-state index in [1.807, 2.05) is 13.8 Å². The summed E-state index contributed by atoms with van der Waals surface area (Å²) in [6.07, 6.45) is 1.08. The number of likely N-dealkylation sites (tertiary alicyclic amines) is 1. The highest BCUT2D eigenvalue weighted by Gasteiger charge is 2.38. The van der Waals surface area contributed by atoms with Crippen molar-refractivity contribution in [1.82, 2.24) is 15.5 Å². The molecule has 0 aromatic rings. The molecule has 1 aliphatic heterocycles. The van der Waals surface area contributed by atoms with Crippen LogP contribution in [-0.2, 0) is 24.0 Å². The summed E-state index contributed by atoms with van der Waals surface area (Å²) in [4.78, 5) is 66.5. The number of rotatable bonds is 15. The summed E-state index contributed by atoms with van der Waals surface area (Å²) in [5.74, 6) is -4.33. The molecule has 0 spiro atoms. The number of guanidine groups is 1. The van der Waals surface area contributed by atoms with Crippen LogP contribution in [0.25, 0.3) is 0 Å². The molecule has 1 heterocycles. The van der Waals surface area contributed by atoms with Gasteiger partial charge in [-0.1, -0.05) is 13.8 Å². The number of carbonyl (C=O) groups is 5. The third kappa shape index (κ3) is 10.5. The molecular weight excluding hydrogens is 474 g/mol. The van der Waals surface area contributed by atoms with Crippen LogP contribution in [0.15, 0.2) is 4.99 Å². The zero-order valence-electron chi connectivity index (χ0n) is 20.8. The Hall–Kier alpha value is -3.42. The van der Waals surface area contributed by atoms with Gasteiger partial charge in [-0.25, -0.2) is 4.79 Å². The molecule has 4 atom stereocenters. The van der Waals surface area contributed by atoms with Gasteiger partial charge >= 0.3 is 11.9 Å². The van der Waals surface area contributed by atoms with Crippen LogP contribution in [0, 0.1) is 5.92 Å². The van der Waals surface area contributed by atoms with Gasteiger partial charge in [-0.15, -0.1) is 0 Å². The monoisotopic (exact) mass is 513 g/mol. The van der Waals surface area contributed by atoms with Gasteiger partial charge in [0.15, 0.2) is 5.96 Å². The standard InChI is InChI=1S/C22H39N7O7/c1-12(2)11-15(20(34)29-10-4-6-16(29)21(35)36)28-19(33)14(7-8-17(30)31)27-18(32)13(23)5-3-9-26-22(24)25/h12-16H,3-11,23H2,1-2H3,(H,27,32)(H,28,33)(H,30,31)(H,35,36)(H4,24,25,26). The minimum atomic E-state index is -1.26. The Morgan fingerprint density at radius 1 is 1.03 bits per heavy atom. The van der Waals surface area contributed by atoms with E-state index in [-0.39, 0.29) is 44.2 Å². The number of nitrogens with two attached hydrogens (primary N) is 3. The first-order valence-electron chi connectivity index (χ1n) is 12.0. The second kappa shape index (κ2) is 14.9. The minimum absolute atomic E-state index is 0.0177. The number of hydrogen-bond acceptors (Lipinski definition) is 7. The summed E-state index contributed by atoms with van der Waals surface area (Å²) in [6, 6.07) is -4.25. The zero-order valence-corrected chi connectivity index (χ0v) is 20.8. The van der Waals surface area contributed by atoms with Crippen LogP contribution in [-0.4, -0.2) is 88.0 Å². The second-order valence-corrected chi connectivity index (χ2v) is 9.27. The molecule has 10 N–H and O–H groups in total. The lowest BCUT2D eigenvalue weighted by molar-refractivity contribution is -0.149. The second-order valence-electron chi connectivity index (χ2n) is 9.27. The molecule has 0 radical (unpaired) electrons. The molecule has 36 heavy (non-hydrogen) atoms. The van der Waals surface area contributed by atoms with Gasteiger partial charge in [-0.2, -0.15) is 0 Å². The van der Waals surface area contributed by atoms with Crippen molar-refractivity contribution in [3.63, 3.8) is 0 Å². The van der Waals surface area contributed by atoms with Crippen LogP contribution >= 0.6 is 0 Å². The molecule has 1 fully saturated rings. The lowest BCUT2D eigenvalue weighted by Gasteiger charge is -2.29. The summed E-state index contributed by atoms with van der Waals surface area (Å²) in [7, 11) is 0. The van der Waals surface area contributed by atoms with Crippen LogP contribution in [0.3, 0.4) is 0 Å². The third-order valence-corrected chi connectivity index (χ3v) is 5.73. The molecule has 0 saturated carbocycles. The van der Waals surface area contributed by atoms with Crippen LogP contribution in [0.4, 0.5) is 0 Å². The number of amides is 3. The van der Waals surface area contributed by atoms with Crippen LogP contribution in [0.5, 0.6) is 0 Å². The first-order chi connectivity index (χ1) is 16.8. The SMILES string of the molecule is CC(C)CC(NC(=O)C(CCC(=O)O)NC(=O)C(N)CCCN=C(N)N)C(=O)N1CCCC1C(=O)O. The van der Waals surface area contributed by atoms with E-state index in [4.69, 9.17) is 22.3 Å². The van der Waals surface area contributed by atoms with E-state index in [2.05, 4.69) is 15.6 Å². The van der Waals surface area contributed by atoms with Gasteiger partial charge in [0.05, 0.1) is 6.04 Å². The quantitative estimate of drug-likeness (QED) is 0.0744. The average molecular weight is 514 g/mol. The average Bonchev–Trinajstić information content (AvgIpc) is 3.27. The maximum Gasteiger partial charge on any atom is 0.326 e. The molecule has 0 aromatic carbocycles. The predicted octanol–water partition coefficient (Wildman–Crippen LogP) is -1.68. The van der Waals surface area contributed by atoms with Gasteiger partial charge in [0.25, 0.3) is 0 Å². The summed E-state index contributed by atoms with van der Waals surface area (Å²) < 4.78 is 0. The fourth-order valence-corrected chi connectivity index (χ4v) is 3.92. The van der Waals surface area contributed by atoms with E-state index in [0.29, 0.717) is 19.3 Å². The maximum atomic E-state index is 13.2. The number of carbonyl (C=O) groups excluding carboxylic acids is 3. The Kier molecular flexibility index (Phi) is 12.6. The van der Waals surface area contributed by atoms with Crippen LogP contribution < -0.4 is 27.8 Å². The Bertz CT molecular complexity index is 830. The first-order valence-corrected chi connectivity index (χ1v) is 12.0. The summed E-state index contributed by atoms with van der Waals surface area (Å²) in [5, 5.41) is 23.6. The van der Waals surface area contributed by atoms with E-state index in [1.54, 1.807) is 0 Å². The summed E-state index contributed by atoms with van der Waals surface area (Å²) in [6.45, 7) is 4.21. The van der Waals surface area contributed by atoms with Gasteiger partial charge in [0, 0.05) is 19.5 Å². The van der Waals surface area contributed by atoms with Crippen LogP contribution in [0.2, 0.25) is 0 Å². The molecule has 1 saturated heterocycles. The third-order valence-electron chi connectivity index (χ3n) is 5.73. The van der Waals surface area contributed by atoms with Gasteiger partial charge in [-0.05, 0) is 44.4 Å². The van der Waals surface area contributed by atoms with Crippen molar-refractivity contribution in [2.75, 3.05) is 13.1 Å². The van der Waals surface area contributed by atoms with E-state index in [0.717, 1.165) is 0 Å². The molecule has 14 nitrogen and oxygen atoms in total. The van der Waals surface area contributed by atoms with Gasteiger partial charge in [0.2, 0.25) is 17.7 Å². The number of carboxylic acid groups (broad SMARTS) is 2. The summed E-state index contributed by atoms with van der Waals surface area (Å²) in [5.41, 5.74) is 16.4.